The monoisotopic (exact) mass is 288 g/mol. The molecule has 1 aromatic heterocycles. The Morgan fingerprint density at radius 2 is 1.62 bits per heavy atom. The van der Waals surface area contributed by atoms with E-state index < -0.39 is 0 Å². The molecule has 2 aromatic rings. The van der Waals surface area contributed by atoms with E-state index in [2.05, 4.69) is 9.80 Å². The van der Waals surface area contributed by atoms with Gasteiger partial charge >= 0.3 is 0 Å². The molecule has 5 heteroatoms. The van der Waals surface area contributed by atoms with Gasteiger partial charge in [0.1, 0.15) is 5.82 Å². The summed E-state index contributed by atoms with van der Waals surface area (Å²) in [5.41, 5.74) is 1.03. The van der Waals surface area contributed by atoms with Gasteiger partial charge in [0.2, 0.25) is 0 Å². The first-order chi connectivity index (χ1) is 10.1. The van der Waals surface area contributed by atoms with Crippen molar-refractivity contribution in [3.05, 3.63) is 48.0 Å². The topological polar surface area (TPSA) is 36.7 Å². The lowest BCUT2D eigenvalue weighted by molar-refractivity contribution is 0.0987. The summed E-state index contributed by atoms with van der Waals surface area (Å²) in [5.74, 6) is 0.848. The van der Waals surface area contributed by atoms with Crippen LogP contribution in [0.1, 0.15) is 17.5 Å². The molecule has 1 aromatic carbocycles. The standard InChI is InChI=1S/C16H17FN2O2/c1-12(20)15-6-7-16(21-15)19-10-8-18(9-11-19)14-4-2-13(17)3-5-14/h2-7H,8-11H2,1H3. The Labute approximate surface area is 122 Å². The summed E-state index contributed by atoms with van der Waals surface area (Å²) in [7, 11) is 0. The number of benzene rings is 1. The molecule has 0 N–H and O–H groups in total. The van der Waals surface area contributed by atoms with E-state index >= 15 is 0 Å². The van der Waals surface area contributed by atoms with E-state index in [9.17, 15) is 9.18 Å². The molecule has 21 heavy (non-hydrogen) atoms. The minimum atomic E-state index is -0.218. The number of anilines is 2. The normalized spacial score (nSPS) is 15.3. The first-order valence-electron chi connectivity index (χ1n) is 7.00. The molecule has 0 amide bonds. The van der Waals surface area contributed by atoms with Crippen LogP contribution in [0.3, 0.4) is 0 Å². The fourth-order valence-corrected chi connectivity index (χ4v) is 2.52. The lowest BCUT2D eigenvalue weighted by Crippen LogP contribution is -2.46. The van der Waals surface area contributed by atoms with E-state index in [1.54, 1.807) is 18.2 Å². The molecule has 4 nitrogen and oxygen atoms in total. The SMILES string of the molecule is CC(=O)c1ccc(N2CCN(c3ccc(F)cc3)CC2)o1. The summed E-state index contributed by atoms with van der Waals surface area (Å²) in [6.45, 7) is 4.78. The van der Waals surface area contributed by atoms with Crippen LogP contribution in [0.25, 0.3) is 0 Å². The minimum Gasteiger partial charge on any atom is -0.437 e. The Morgan fingerprint density at radius 3 is 2.19 bits per heavy atom. The van der Waals surface area contributed by atoms with Crippen LogP contribution >= 0.6 is 0 Å². The van der Waals surface area contributed by atoms with Gasteiger partial charge in [0.25, 0.3) is 0 Å². The van der Waals surface area contributed by atoms with Crippen molar-refractivity contribution in [1.29, 1.82) is 0 Å². The van der Waals surface area contributed by atoms with Gasteiger partial charge in [-0.1, -0.05) is 0 Å². The summed E-state index contributed by atoms with van der Waals surface area (Å²) in [6.07, 6.45) is 0. The van der Waals surface area contributed by atoms with E-state index in [1.165, 1.54) is 19.1 Å². The maximum Gasteiger partial charge on any atom is 0.196 e. The largest absolute Gasteiger partial charge is 0.437 e. The molecule has 1 aliphatic heterocycles. The van der Waals surface area contributed by atoms with Crippen LogP contribution in [0.4, 0.5) is 16.0 Å². The highest BCUT2D eigenvalue weighted by Gasteiger charge is 2.20. The zero-order valence-corrected chi connectivity index (χ0v) is 11.9. The number of furan rings is 1. The zero-order valence-electron chi connectivity index (χ0n) is 11.9. The molecule has 0 aliphatic carbocycles. The van der Waals surface area contributed by atoms with Crippen molar-refractivity contribution < 1.29 is 13.6 Å². The Balaban J connectivity index is 1.64. The molecular weight excluding hydrogens is 271 g/mol. The smallest absolute Gasteiger partial charge is 0.196 e. The molecule has 0 atom stereocenters. The number of hydrogen-bond acceptors (Lipinski definition) is 4. The van der Waals surface area contributed by atoms with Gasteiger partial charge in [0.15, 0.2) is 17.4 Å². The van der Waals surface area contributed by atoms with E-state index in [-0.39, 0.29) is 11.6 Å². The number of ketones is 1. The fourth-order valence-electron chi connectivity index (χ4n) is 2.52. The van der Waals surface area contributed by atoms with Crippen LogP contribution in [-0.2, 0) is 0 Å². The molecule has 0 spiro atoms. The molecule has 1 fully saturated rings. The van der Waals surface area contributed by atoms with Crippen molar-refractivity contribution in [1.82, 2.24) is 0 Å². The number of carbonyl (C=O) groups is 1. The second kappa shape index (κ2) is 5.60. The van der Waals surface area contributed by atoms with Crippen LogP contribution in [0, 0.1) is 5.82 Å². The lowest BCUT2D eigenvalue weighted by Gasteiger charge is -2.36. The van der Waals surface area contributed by atoms with Crippen LogP contribution in [0.5, 0.6) is 0 Å². The summed E-state index contributed by atoms with van der Waals surface area (Å²) in [6, 6.07) is 10.1. The summed E-state index contributed by atoms with van der Waals surface area (Å²) in [5, 5.41) is 0. The quantitative estimate of drug-likeness (QED) is 0.814. The van der Waals surface area contributed by atoms with Gasteiger partial charge in [-0.2, -0.15) is 0 Å². The van der Waals surface area contributed by atoms with E-state index in [1.807, 2.05) is 6.07 Å². The lowest BCUT2D eigenvalue weighted by atomic mass is 10.2. The first kappa shape index (κ1) is 13.7. The molecule has 1 aliphatic rings. The third-order valence-corrected chi connectivity index (χ3v) is 3.72. The van der Waals surface area contributed by atoms with Crippen LogP contribution in [0.2, 0.25) is 0 Å². The van der Waals surface area contributed by atoms with Crippen molar-refractivity contribution in [2.75, 3.05) is 36.0 Å². The van der Waals surface area contributed by atoms with E-state index in [4.69, 9.17) is 4.42 Å². The first-order valence-corrected chi connectivity index (χ1v) is 7.00. The van der Waals surface area contributed by atoms with Crippen LogP contribution < -0.4 is 9.80 Å². The fraction of sp³-hybridized carbons (Fsp3) is 0.312. The van der Waals surface area contributed by atoms with Crippen LogP contribution in [-0.4, -0.2) is 32.0 Å². The van der Waals surface area contributed by atoms with Crippen molar-refractivity contribution in [3.63, 3.8) is 0 Å². The Morgan fingerprint density at radius 1 is 1.00 bits per heavy atom. The molecule has 110 valence electrons. The molecule has 0 radical (unpaired) electrons. The number of carbonyl (C=O) groups excluding carboxylic acids is 1. The van der Waals surface area contributed by atoms with Crippen LogP contribution in [0.15, 0.2) is 40.8 Å². The molecule has 0 saturated carbocycles. The van der Waals surface area contributed by atoms with Gasteiger partial charge in [-0.3, -0.25) is 4.79 Å². The highest BCUT2D eigenvalue weighted by molar-refractivity contribution is 5.91. The van der Waals surface area contributed by atoms with Gasteiger partial charge < -0.3 is 14.2 Å². The predicted molar refractivity (Wildman–Crippen MR) is 79.5 cm³/mol. The van der Waals surface area contributed by atoms with Gasteiger partial charge in [0, 0.05) is 44.9 Å². The second-order valence-electron chi connectivity index (χ2n) is 5.14. The molecule has 1 saturated heterocycles. The molecule has 0 bridgehead atoms. The van der Waals surface area contributed by atoms with Crippen molar-refractivity contribution in [2.24, 2.45) is 0 Å². The maximum absolute atomic E-state index is 12.9. The second-order valence-corrected chi connectivity index (χ2v) is 5.14. The van der Waals surface area contributed by atoms with E-state index in [0.29, 0.717) is 5.76 Å². The summed E-state index contributed by atoms with van der Waals surface area (Å²) >= 11 is 0. The minimum absolute atomic E-state index is 0.0637. The number of halogens is 1. The van der Waals surface area contributed by atoms with Gasteiger partial charge in [0.05, 0.1) is 0 Å². The zero-order chi connectivity index (χ0) is 14.8. The number of piperazine rings is 1. The number of nitrogens with zero attached hydrogens (tertiary/aromatic N) is 2. The van der Waals surface area contributed by atoms with Crippen molar-refractivity contribution in [3.8, 4) is 0 Å². The summed E-state index contributed by atoms with van der Waals surface area (Å²) in [4.78, 5) is 15.6. The Kier molecular flexibility index (Phi) is 3.64. The number of hydrogen-bond donors (Lipinski definition) is 0. The Hall–Kier alpha value is -2.30. The van der Waals surface area contributed by atoms with Gasteiger partial charge in [-0.05, 0) is 30.3 Å². The molecular formula is C16H17FN2O2. The molecule has 0 unspecified atom stereocenters. The average molecular weight is 288 g/mol. The third-order valence-electron chi connectivity index (χ3n) is 3.72. The maximum atomic E-state index is 12.9. The number of Topliss-reactive ketones (excluding diaryl/α,β-unsaturated/α-hetero) is 1. The van der Waals surface area contributed by atoms with Gasteiger partial charge in [-0.25, -0.2) is 4.39 Å². The molecule has 3 rings (SSSR count). The van der Waals surface area contributed by atoms with Crippen molar-refractivity contribution in [2.45, 2.75) is 6.92 Å². The number of rotatable bonds is 3. The van der Waals surface area contributed by atoms with E-state index in [0.717, 1.165) is 37.8 Å². The molecule has 2 heterocycles. The van der Waals surface area contributed by atoms with Crippen molar-refractivity contribution >= 4 is 17.4 Å². The average Bonchev–Trinajstić information content (AvgIpc) is 2.98. The highest BCUT2D eigenvalue weighted by Crippen LogP contribution is 2.23. The van der Waals surface area contributed by atoms with Gasteiger partial charge in [-0.15, -0.1) is 0 Å². The third kappa shape index (κ3) is 2.91. The highest BCUT2D eigenvalue weighted by atomic mass is 19.1. The summed E-state index contributed by atoms with van der Waals surface area (Å²) < 4.78 is 18.5. The Bertz CT molecular complexity index is 628. The predicted octanol–water partition coefficient (Wildman–Crippen LogP) is 2.95.